The summed E-state index contributed by atoms with van der Waals surface area (Å²) in [5.74, 6) is -1.02. The normalized spacial score (nSPS) is 13.3. The fourth-order valence-electron chi connectivity index (χ4n) is 6.61. The standard InChI is InChI=1S/C61H94O6/c1-4-7-10-13-16-19-22-25-28-30-32-33-36-39-42-45-48-51-54-60(63)66-57-58(56-65-59(62)53-50-47-44-41-38-35-27-24-21-18-15-12-9-6-3)67-61(64)55-52-49-46-43-40-37-34-31-29-26-23-20-17-14-11-8-5-2/h8-9,11-12,14,17-18,20-23,25-35,37,40,58H,4-7,10,13,15-16,19,24,36,38-39,41-57H2,1-3H3/b11-8-,12-9-,17-14-,21-18-,23-20-,25-22-,29-26-,30-28-,33-32-,34-31+,35-27-,40-37-. The molecule has 0 fully saturated rings. The van der Waals surface area contributed by atoms with Crippen molar-refractivity contribution < 1.29 is 28.6 Å². The first kappa shape index (κ1) is 62.3. The Kier molecular flexibility index (Phi) is 50.1. The molecular weight excluding hydrogens is 829 g/mol. The molecule has 1 unspecified atom stereocenters. The quantitative estimate of drug-likeness (QED) is 0.0199. The molecule has 0 aromatic heterocycles. The lowest BCUT2D eigenvalue weighted by atomic mass is 10.1. The number of hydrogen-bond acceptors (Lipinski definition) is 6. The van der Waals surface area contributed by atoms with Crippen LogP contribution in [0.4, 0.5) is 0 Å². The van der Waals surface area contributed by atoms with Crippen molar-refractivity contribution in [1.29, 1.82) is 0 Å². The van der Waals surface area contributed by atoms with Gasteiger partial charge in [-0.25, -0.2) is 0 Å². The summed E-state index contributed by atoms with van der Waals surface area (Å²) >= 11 is 0. The molecule has 0 bridgehead atoms. The van der Waals surface area contributed by atoms with Gasteiger partial charge in [-0.3, -0.25) is 14.4 Å². The van der Waals surface area contributed by atoms with Gasteiger partial charge in [0.05, 0.1) is 0 Å². The van der Waals surface area contributed by atoms with Crippen molar-refractivity contribution in [2.24, 2.45) is 0 Å². The lowest BCUT2D eigenvalue weighted by Crippen LogP contribution is -2.30. The molecule has 0 amide bonds. The molecule has 0 saturated carbocycles. The minimum absolute atomic E-state index is 0.121. The lowest BCUT2D eigenvalue weighted by molar-refractivity contribution is -0.167. The Morgan fingerprint density at radius 2 is 0.657 bits per heavy atom. The average Bonchev–Trinajstić information content (AvgIpc) is 3.33. The largest absolute Gasteiger partial charge is 0.462 e. The minimum Gasteiger partial charge on any atom is -0.462 e. The maximum Gasteiger partial charge on any atom is 0.306 e. The third-order valence-electron chi connectivity index (χ3n) is 10.5. The molecule has 0 spiro atoms. The van der Waals surface area contributed by atoms with Gasteiger partial charge in [-0.2, -0.15) is 0 Å². The molecule has 0 N–H and O–H groups in total. The number of carbonyl (C=O) groups is 3. The van der Waals surface area contributed by atoms with E-state index in [0.717, 1.165) is 122 Å². The number of carbonyl (C=O) groups excluding carboxylic acids is 3. The Hall–Kier alpha value is -4.71. The third kappa shape index (κ3) is 52.1. The zero-order chi connectivity index (χ0) is 48.6. The Bertz CT molecular complexity index is 1530. The van der Waals surface area contributed by atoms with Gasteiger partial charge < -0.3 is 14.2 Å². The van der Waals surface area contributed by atoms with Crippen LogP contribution in [0, 0.1) is 0 Å². The van der Waals surface area contributed by atoms with Crippen LogP contribution in [0.1, 0.15) is 201 Å². The maximum atomic E-state index is 12.8. The van der Waals surface area contributed by atoms with Crippen LogP contribution in [-0.2, 0) is 28.6 Å². The second kappa shape index (κ2) is 53.9. The molecule has 0 saturated heterocycles. The molecule has 67 heavy (non-hydrogen) atoms. The Balaban J connectivity index is 4.59. The van der Waals surface area contributed by atoms with Gasteiger partial charge in [-0.15, -0.1) is 0 Å². The minimum atomic E-state index is -0.826. The SMILES string of the molecule is CC\C=C/C=C\C=C/C=C\C=C\C=C/CCCCCC(=O)OC(COC(=O)CCCCCC/C=C\C/C=C\C/C=C\CC)COC(=O)CCCCCCC\C=C/C=C\C=C/CCCCCCC. The topological polar surface area (TPSA) is 78.9 Å². The van der Waals surface area contributed by atoms with E-state index < -0.39 is 6.10 Å². The van der Waals surface area contributed by atoms with Crippen molar-refractivity contribution in [1.82, 2.24) is 0 Å². The van der Waals surface area contributed by atoms with Gasteiger partial charge in [0, 0.05) is 19.3 Å². The highest BCUT2D eigenvalue weighted by Crippen LogP contribution is 2.12. The van der Waals surface area contributed by atoms with Crippen LogP contribution < -0.4 is 0 Å². The van der Waals surface area contributed by atoms with Crippen molar-refractivity contribution >= 4 is 17.9 Å². The zero-order valence-corrected chi connectivity index (χ0v) is 42.6. The van der Waals surface area contributed by atoms with Gasteiger partial charge in [0.15, 0.2) is 6.10 Å². The van der Waals surface area contributed by atoms with Gasteiger partial charge in [0.1, 0.15) is 13.2 Å². The van der Waals surface area contributed by atoms with Gasteiger partial charge in [-0.05, 0) is 96.3 Å². The summed E-state index contributed by atoms with van der Waals surface area (Å²) in [7, 11) is 0. The molecule has 0 aromatic rings. The second-order valence-corrected chi connectivity index (χ2v) is 16.9. The monoisotopic (exact) mass is 923 g/mol. The van der Waals surface area contributed by atoms with Crippen LogP contribution in [0.5, 0.6) is 0 Å². The van der Waals surface area contributed by atoms with Crippen LogP contribution in [0.15, 0.2) is 146 Å². The number of rotatable bonds is 45. The van der Waals surface area contributed by atoms with Gasteiger partial charge >= 0.3 is 17.9 Å². The maximum absolute atomic E-state index is 12.8. The fraction of sp³-hybridized carbons (Fsp3) is 0.557. The molecule has 1 atom stereocenters. The summed E-state index contributed by atoms with van der Waals surface area (Å²) in [4.78, 5) is 38.0. The van der Waals surface area contributed by atoms with Crippen LogP contribution in [-0.4, -0.2) is 37.2 Å². The Morgan fingerprint density at radius 3 is 1.10 bits per heavy atom. The molecule has 0 aliphatic heterocycles. The van der Waals surface area contributed by atoms with E-state index in [1.54, 1.807) is 0 Å². The molecular formula is C61H94O6. The molecule has 0 rings (SSSR count). The summed E-state index contributed by atoms with van der Waals surface area (Å²) < 4.78 is 16.7. The summed E-state index contributed by atoms with van der Waals surface area (Å²) in [6.07, 6.45) is 76.8. The summed E-state index contributed by atoms with van der Waals surface area (Å²) in [5.41, 5.74) is 0. The molecule has 0 radical (unpaired) electrons. The number of allylic oxidation sites excluding steroid dienone is 24. The molecule has 6 heteroatoms. The predicted octanol–water partition coefficient (Wildman–Crippen LogP) is 17.6. The zero-order valence-electron chi connectivity index (χ0n) is 42.6. The van der Waals surface area contributed by atoms with Crippen molar-refractivity contribution in [2.75, 3.05) is 13.2 Å². The number of esters is 3. The summed E-state index contributed by atoms with van der Waals surface area (Å²) in [6, 6.07) is 0. The Labute approximate surface area is 410 Å². The van der Waals surface area contributed by atoms with E-state index in [-0.39, 0.29) is 37.5 Å². The van der Waals surface area contributed by atoms with Gasteiger partial charge in [-0.1, -0.05) is 231 Å². The van der Waals surface area contributed by atoms with E-state index in [0.29, 0.717) is 19.3 Å². The van der Waals surface area contributed by atoms with Crippen molar-refractivity contribution in [3.8, 4) is 0 Å². The highest BCUT2D eigenvalue weighted by molar-refractivity contribution is 5.71. The molecule has 0 aromatic carbocycles. The number of unbranched alkanes of at least 4 members (excludes halogenated alkanes) is 17. The van der Waals surface area contributed by atoms with Crippen molar-refractivity contribution in [3.05, 3.63) is 146 Å². The predicted molar refractivity (Wildman–Crippen MR) is 288 cm³/mol. The van der Waals surface area contributed by atoms with Gasteiger partial charge in [0.2, 0.25) is 0 Å². The Morgan fingerprint density at radius 1 is 0.328 bits per heavy atom. The smallest absolute Gasteiger partial charge is 0.306 e. The summed E-state index contributed by atoms with van der Waals surface area (Å²) in [5, 5.41) is 0. The lowest BCUT2D eigenvalue weighted by Gasteiger charge is -2.18. The molecule has 374 valence electrons. The summed E-state index contributed by atoms with van der Waals surface area (Å²) in [6.45, 7) is 6.27. The first-order valence-electron chi connectivity index (χ1n) is 26.5. The third-order valence-corrected chi connectivity index (χ3v) is 10.5. The van der Waals surface area contributed by atoms with E-state index >= 15 is 0 Å². The number of hydrogen-bond donors (Lipinski definition) is 0. The van der Waals surface area contributed by atoms with Crippen LogP contribution in [0.3, 0.4) is 0 Å². The van der Waals surface area contributed by atoms with Gasteiger partial charge in [0.25, 0.3) is 0 Å². The van der Waals surface area contributed by atoms with Crippen LogP contribution >= 0.6 is 0 Å². The van der Waals surface area contributed by atoms with Crippen LogP contribution in [0.25, 0.3) is 0 Å². The van der Waals surface area contributed by atoms with E-state index in [2.05, 4.69) is 106 Å². The number of ether oxygens (including phenoxy) is 3. The van der Waals surface area contributed by atoms with Crippen LogP contribution in [0.2, 0.25) is 0 Å². The van der Waals surface area contributed by atoms with E-state index in [1.807, 2.05) is 60.8 Å². The molecule has 0 heterocycles. The molecule has 6 nitrogen and oxygen atoms in total. The van der Waals surface area contributed by atoms with Crippen molar-refractivity contribution in [2.45, 2.75) is 207 Å². The first-order chi connectivity index (χ1) is 33.0. The first-order valence-corrected chi connectivity index (χ1v) is 26.5. The fourth-order valence-corrected chi connectivity index (χ4v) is 6.61. The molecule has 0 aliphatic carbocycles. The van der Waals surface area contributed by atoms with Crippen molar-refractivity contribution in [3.63, 3.8) is 0 Å². The second-order valence-electron chi connectivity index (χ2n) is 16.9. The van der Waals surface area contributed by atoms with E-state index in [9.17, 15) is 14.4 Å². The van der Waals surface area contributed by atoms with E-state index in [1.165, 1.54) is 32.1 Å². The molecule has 0 aliphatic rings. The average molecular weight is 923 g/mol. The highest BCUT2D eigenvalue weighted by Gasteiger charge is 2.19. The van der Waals surface area contributed by atoms with E-state index in [4.69, 9.17) is 14.2 Å². The highest BCUT2D eigenvalue weighted by atomic mass is 16.6.